The van der Waals surface area contributed by atoms with Crippen LogP contribution in [0.4, 0.5) is 0 Å². The van der Waals surface area contributed by atoms with Crippen LogP contribution in [0, 0.1) is 6.92 Å². The average Bonchev–Trinajstić information content (AvgIpc) is 3.04. The summed E-state index contributed by atoms with van der Waals surface area (Å²) in [4.78, 5) is 0. The molecule has 2 aliphatic heterocycles. The van der Waals surface area contributed by atoms with E-state index in [9.17, 15) is 0 Å². The van der Waals surface area contributed by atoms with Crippen LogP contribution in [0.5, 0.6) is 17.2 Å². The molecular formula is C16H14O3. The first-order valence-corrected chi connectivity index (χ1v) is 6.46. The van der Waals surface area contributed by atoms with Crippen LogP contribution in [-0.4, -0.2) is 6.79 Å². The van der Waals surface area contributed by atoms with Crippen LogP contribution in [-0.2, 0) is 6.42 Å². The van der Waals surface area contributed by atoms with E-state index in [-0.39, 0.29) is 6.10 Å². The zero-order valence-electron chi connectivity index (χ0n) is 10.7. The second-order valence-electron chi connectivity index (χ2n) is 4.99. The zero-order chi connectivity index (χ0) is 12.8. The third-order valence-corrected chi connectivity index (χ3v) is 3.73. The number of benzene rings is 2. The second kappa shape index (κ2) is 3.92. The second-order valence-corrected chi connectivity index (χ2v) is 4.99. The van der Waals surface area contributed by atoms with E-state index in [1.165, 1.54) is 11.1 Å². The van der Waals surface area contributed by atoms with Gasteiger partial charge in [-0.15, -0.1) is 0 Å². The van der Waals surface area contributed by atoms with Crippen LogP contribution in [0.25, 0.3) is 0 Å². The summed E-state index contributed by atoms with van der Waals surface area (Å²) in [5, 5.41) is 0. The van der Waals surface area contributed by atoms with E-state index >= 15 is 0 Å². The number of rotatable bonds is 1. The molecule has 0 N–H and O–H groups in total. The van der Waals surface area contributed by atoms with E-state index in [4.69, 9.17) is 14.2 Å². The van der Waals surface area contributed by atoms with Gasteiger partial charge < -0.3 is 14.2 Å². The minimum Gasteiger partial charge on any atom is -0.485 e. The Balaban J connectivity index is 1.68. The zero-order valence-corrected chi connectivity index (χ0v) is 10.7. The molecule has 0 radical (unpaired) electrons. The highest BCUT2D eigenvalue weighted by atomic mass is 16.7. The normalized spacial score (nSPS) is 19.1. The third kappa shape index (κ3) is 1.65. The van der Waals surface area contributed by atoms with Crippen molar-refractivity contribution in [2.45, 2.75) is 19.4 Å². The number of hydrogen-bond donors (Lipinski definition) is 0. The van der Waals surface area contributed by atoms with Crippen molar-refractivity contribution in [3.8, 4) is 17.2 Å². The molecule has 0 spiro atoms. The number of para-hydroxylation sites is 1. The Bertz CT molecular complexity index is 648. The van der Waals surface area contributed by atoms with Crippen molar-refractivity contribution >= 4 is 0 Å². The van der Waals surface area contributed by atoms with Gasteiger partial charge in [0.05, 0.1) is 0 Å². The first kappa shape index (κ1) is 10.7. The molecule has 0 bridgehead atoms. The Hall–Kier alpha value is -2.16. The molecule has 96 valence electrons. The van der Waals surface area contributed by atoms with E-state index in [1.807, 2.05) is 12.1 Å². The largest absolute Gasteiger partial charge is 0.485 e. The molecule has 1 atom stereocenters. The van der Waals surface area contributed by atoms with E-state index in [2.05, 4.69) is 31.2 Å². The van der Waals surface area contributed by atoms with Gasteiger partial charge in [-0.25, -0.2) is 0 Å². The lowest BCUT2D eigenvalue weighted by Crippen LogP contribution is -2.03. The molecule has 2 heterocycles. The van der Waals surface area contributed by atoms with Gasteiger partial charge in [0.15, 0.2) is 11.5 Å². The first-order valence-electron chi connectivity index (χ1n) is 6.46. The highest BCUT2D eigenvalue weighted by molar-refractivity contribution is 5.49. The van der Waals surface area contributed by atoms with Crippen LogP contribution in [0.3, 0.4) is 0 Å². The molecule has 4 rings (SSSR count). The lowest BCUT2D eigenvalue weighted by Gasteiger charge is -2.12. The quantitative estimate of drug-likeness (QED) is 0.780. The maximum absolute atomic E-state index is 6.09. The molecule has 1 unspecified atom stereocenters. The van der Waals surface area contributed by atoms with Crippen LogP contribution < -0.4 is 14.2 Å². The van der Waals surface area contributed by atoms with Crippen molar-refractivity contribution in [1.82, 2.24) is 0 Å². The fourth-order valence-electron chi connectivity index (χ4n) is 2.73. The average molecular weight is 254 g/mol. The molecular weight excluding hydrogens is 240 g/mol. The summed E-state index contributed by atoms with van der Waals surface area (Å²) in [6, 6.07) is 12.3. The molecule has 19 heavy (non-hydrogen) atoms. The van der Waals surface area contributed by atoms with Crippen LogP contribution in [0.2, 0.25) is 0 Å². The maximum Gasteiger partial charge on any atom is 0.231 e. The molecule has 0 saturated carbocycles. The molecule has 3 heteroatoms. The molecule has 2 aromatic rings. The summed E-state index contributed by atoms with van der Waals surface area (Å²) in [5.41, 5.74) is 3.61. The summed E-state index contributed by atoms with van der Waals surface area (Å²) >= 11 is 0. The topological polar surface area (TPSA) is 27.7 Å². The van der Waals surface area contributed by atoms with E-state index in [0.717, 1.165) is 29.2 Å². The monoisotopic (exact) mass is 254 g/mol. The highest BCUT2D eigenvalue weighted by Gasteiger charge is 2.27. The standard InChI is InChI=1S/C16H14O3/c1-10-3-2-4-12-8-14(19-16(10)12)11-5-6-13-15(7-11)18-9-17-13/h2-7,14H,8-9H2,1H3. The maximum atomic E-state index is 6.09. The molecule has 0 fully saturated rings. The highest BCUT2D eigenvalue weighted by Crippen LogP contribution is 2.41. The van der Waals surface area contributed by atoms with Gasteiger partial charge in [-0.05, 0) is 35.7 Å². The number of hydrogen-bond acceptors (Lipinski definition) is 3. The van der Waals surface area contributed by atoms with Crippen molar-refractivity contribution in [3.63, 3.8) is 0 Å². The van der Waals surface area contributed by atoms with Crippen molar-refractivity contribution in [3.05, 3.63) is 53.1 Å². The minimum atomic E-state index is 0.0746. The van der Waals surface area contributed by atoms with Gasteiger partial charge >= 0.3 is 0 Å². The van der Waals surface area contributed by atoms with Gasteiger partial charge in [0, 0.05) is 6.42 Å². The summed E-state index contributed by atoms with van der Waals surface area (Å²) in [6.45, 7) is 2.39. The first-order chi connectivity index (χ1) is 9.31. The Labute approximate surface area is 111 Å². The Morgan fingerprint density at radius 1 is 1.05 bits per heavy atom. The predicted molar refractivity (Wildman–Crippen MR) is 70.8 cm³/mol. The molecule has 0 saturated heterocycles. The van der Waals surface area contributed by atoms with Gasteiger partial charge in [0.25, 0.3) is 0 Å². The lowest BCUT2D eigenvalue weighted by molar-refractivity contribution is 0.173. The van der Waals surface area contributed by atoms with Crippen molar-refractivity contribution < 1.29 is 14.2 Å². The summed E-state index contributed by atoms with van der Waals surface area (Å²) in [5.74, 6) is 2.66. The summed E-state index contributed by atoms with van der Waals surface area (Å²) in [6.07, 6.45) is 0.988. The Kier molecular flexibility index (Phi) is 2.21. The van der Waals surface area contributed by atoms with E-state index < -0.39 is 0 Å². The van der Waals surface area contributed by atoms with E-state index in [0.29, 0.717) is 6.79 Å². The van der Waals surface area contributed by atoms with Crippen molar-refractivity contribution in [2.75, 3.05) is 6.79 Å². The number of aryl methyl sites for hydroxylation is 1. The van der Waals surface area contributed by atoms with Crippen LogP contribution in [0.1, 0.15) is 22.8 Å². The number of ether oxygens (including phenoxy) is 3. The molecule has 3 nitrogen and oxygen atoms in total. The van der Waals surface area contributed by atoms with E-state index in [1.54, 1.807) is 0 Å². The minimum absolute atomic E-state index is 0.0746. The Morgan fingerprint density at radius 3 is 2.84 bits per heavy atom. The fourth-order valence-corrected chi connectivity index (χ4v) is 2.73. The third-order valence-electron chi connectivity index (χ3n) is 3.73. The summed E-state index contributed by atoms with van der Waals surface area (Å²) in [7, 11) is 0. The van der Waals surface area contributed by atoms with Gasteiger partial charge in [-0.1, -0.05) is 24.3 Å². The fraction of sp³-hybridized carbons (Fsp3) is 0.250. The molecule has 0 aromatic heterocycles. The van der Waals surface area contributed by atoms with Gasteiger partial charge in [0.1, 0.15) is 11.9 Å². The molecule has 0 aliphatic carbocycles. The SMILES string of the molecule is Cc1cccc2c1OC(c1ccc3c(c1)OCO3)C2. The smallest absolute Gasteiger partial charge is 0.231 e. The van der Waals surface area contributed by atoms with Crippen LogP contribution in [0.15, 0.2) is 36.4 Å². The van der Waals surface area contributed by atoms with Gasteiger partial charge in [0.2, 0.25) is 6.79 Å². The number of fused-ring (bicyclic) bond motifs is 2. The molecule has 2 aliphatic rings. The van der Waals surface area contributed by atoms with Crippen LogP contribution >= 0.6 is 0 Å². The van der Waals surface area contributed by atoms with Crippen molar-refractivity contribution in [1.29, 1.82) is 0 Å². The Morgan fingerprint density at radius 2 is 1.95 bits per heavy atom. The predicted octanol–water partition coefficient (Wildman–Crippen LogP) is 3.40. The van der Waals surface area contributed by atoms with Gasteiger partial charge in [-0.3, -0.25) is 0 Å². The van der Waals surface area contributed by atoms with Gasteiger partial charge in [-0.2, -0.15) is 0 Å². The van der Waals surface area contributed by atoms with Crippen molar-refractivity contribution in [2.24, 2.45) is 0 Å². The molecule has 2 aromatic carbocycles. The molecule has 0 amide bonds. The lowest BCUT2D eigenvalue weighted by atomic mass is 10.0. The summed E-state index contributed by atoms with van der Waals surface area (Å²) < 4.78 is 16.8.